The quantitative estimate of drug-likeness (QED) is 0.538. The van der Waals surface area contributed by atoms with Gasteiger partial charge < -0.3 is 4.74 Å². The molecule has 0 aliphatic rings. The smallest absolute Gasteiger partial charge is 0.356 e. The standard InChI is InChI=1S/C10H11NO3/c1-3-14-10(13)9-5-4-8(6-11-9)7(2)12/h4-6H,3H2,1-2H3. The molecule has 74 valence electrons. The number of pyridine rings is 1. The fourth-order valence-corrected chi connectivity index (χ4v) is 0.928. The number of hydrogen-bond donors (Lipinski definition) is 0. The molecule has 4 heteroatoms. The second-order valence-corrected chi connectivity index (χ2v) is 2.71. The van der Waals surface area contributed by atoms with Crippen LogP contribution in [0.25, 0.3) is 0 Å². The Hall–Kier alpha value is -1.71. The molecule has 0 aliphatic carbocycles. The van der Waals surface area contributed by atoms with Crippen molar-refractivity contribution in [2.24, 2.45) is 0 Å². The van der Waals surface area contributed by atoms with E-state index < -0.39 is 5.97 Å². The summed E-state index contributed by atoms with van der Waals surface area (Å²) in [5, 5.41) is 0. The minimum absolute atomic E-state index is 0.0760. The maximum Gasteiger partial charge on any atom is 0.356 e. The highest BCUT2D eigenvalue weighted by molar-refractivity contribution is 5.94. The van der Waals surface area contributed by atoms with E-state index in [0.29, 0.717) is 12.2 Å². The monoisotopic (exact) mass is 193 g/mol. The van der Waals surface area contributed by atoms with Crippen molar-refractivity contribution in [2.75, 3.05) is 6.61 Å². The highest BCUT2D eigenvalue weighted by Gasteiger charge is 2.08. The minimum atomic E-state index is -0.470. The predicted molar refractivity (Wildman–Crippen MR) is 50.2 cm³/mol. The number of nitrogens with zero attached hydrogens (tertiary/aromatic N) is 1. The molecule has 14 heavy (non-hydrogen) atoms. The Morgan fingerprint density at radius 3 is 2.57 bits per heavy atom. The third kappa shape index (κ3) is 2.39. The third-order valence-corrected chi connectivity index (χ3v) is 1.65. The molecule has 0 fully saturated rings. The van der Waals surface area contributed by atoms with Crippen LogP contribution in [0.15, 0.2) is 18.3 Å². The van der Waals surface area contributed by atoms with Gasteiger partial charge in [0.1, 0.15) is 5.69 Å². The lowest BCUT2D eigenvalue weighted by Crippen LogP contribution is -2.07. The Balaban J connectivity index is 2.83. The summed E-state index contributed by atoms with van der Waals surface area (Å²) in [7, 11) is 0. The van der Waals surface area contributed by atoms with Gasteiger partial charge in [-0.15, -0.1) is 0 Å². The van der Waals surface area contributed by atoms with Gasteiger partial charge >= 0.3 is 5.97 Å². The Morgan fingerprint density at radius 1 is 1.43 bits per heavy atom. The number of ether oxygens (including phenoxy) is 1. The Kier molecular flexibility index (Phi) is 3.34. The fraction of sp³-hybridized carbons (Fsp3) is 0.300. The average Bonchev–Trinajstić information content (AvgIpc) is 2.18. The lowest BCUT2D eigenvalue weighted by molar-refractivity contribution is 0.0519. The van der Waals surface area contributed by atoms with E-state index in [-0.39, 0.29) is 11.5 Å². The van der Waals surface area contributed by atoms with Crippen LogP contribution in [0.3, 0.4) is 0 Å². The van der Waals surface area contributed by atoms with Gasteiger partial charge in [0.25, 0.3) is 0 Å². The van der Waals surface area contributed by atoms with Gasteiger partial charge in [-0.05, 0) is 26.0 Å². The molecule has 0 N–H and O–H groups in total. The van der Waals surface area contributed by atoms with Crippen LogP contribution < -0.4 is 0 Å². The summed E-state index contributed by atoms with van der Waals surface area (Å²) in [4.78, 5) is 25.9. The highest BCUT2D eigenvalue weighted by Crippen LogP contribution is 2.02. The SMILES string of the molecule is CCOC(=O)c1ccc(C(C)=O)cn1. The van der Waals surface area contributed by atoms with Crippen LogP contribution in [0.2, 0.25) is 0 Å². The van der Waals surface area contributed by atoms with Crippen LogP contribution in [0.4, 0.5) is 0 Å². The molecule has 0 bridgehead atoms. The van der Waals surface area contributed by atoms with Gasteiger partial charge in [0, 0.05) is 11.8 Å². The number of Topliss-reactive ketones (excluding diaryl/α,β-unsaturated/α-hetero) is 1. The third-order valence-electron chi connectivity index (χ3n) is 1.65. The van der Waals surface area contributed by atoms with Crippen LogP contribution >= 0.6 is 0 Å². The van der Waals surface area contributed by atoms with E-state index in [9.17, 15) is 9.59 Å². The molecule has 0 saturated carbocycles. The van der Waals surface area contributed by atoms with Crippen molar-refractivity contribution in [3.05, 3.63) is 29.6 Å². The zero-order valence-electron chi connectivity index (χ0n) is 8.11. The van der Waals surface area contributed by atoms with Gasteiger partial charge in [-0.3, -0.25) is 4.79 Å². The zero-order valence-corrected chi connectivity index (χ0v) is 8.11. The Morgan fingerprint density at radius 2 is 2.14 bits per heavy atom. The molecule has 0 atom stereocenters. The van der Waals surface area contributed by atoms with Gasteiger partial charge in [-0.2, -0.15) is 0 Å². The topological polar surface area (TPSA) is 56.3 Å². The normalized spacial score (nSPS) is 9.57. The average molecular weight is 193 g/mol. The maximum atomic E-state index is 11.2. The lowest BCUT2D eigenvalue weighted by atomic mass is 10.2. The molecular formula is C10H11NO3. The van der Waals surface area contributed by atoms with E-state index in [2.05, 4.69) is 4.98 Å². The van der Waals surface area contributed by atoms with E-state index in [1.165, 1.54) is 19.2 Å². The van der Waals surface area contributed by atoms with Crippen LogP contribution in [0.1, 0.15) is 34.7 Å². The summed E-state index contributed by atoms with van der Waals surface area (Å²) in [5.74, 6) is -0.546. The molecule has 0 amide bonds. The van der Waals surface area contributed by atoms with E-state index in [1.807, 2.05) is 0 Å². The molecule has 4 nitrogen and oxygen atoms in total. The van der Waals surface area contributed by atoms with E-state index in [1.54, 1.807) is 13.0 Å². The molecule has 1 heterocycles. The second-order valence-electron chi connectivity index (χ2n) is 2.71. The van der Waals surface area contributed by atoms with E-state index in [4.69, 9.17) is 4.74 Å². The van der Waals surface area contributed by atoms with Crippen molar-refractivity contribution in [1.82, 2.24) is 4.98 Å². The second kappa shape index (κ2) is 4.50. The zero-order chi connectivity index (χ0) is 10.6. The Bertz CT molecular complexity index is 343. The van der Waals surface area contributed by atoms with Crippen molar-refractivity contribution in [1.29, 1.82) is 0 Å². The molecule has 0 unspecified atom stereocenters. The number of aromatic nitrogens is 1. The van der Waals surface area contributed by atoms with Crippen molar-refractivity contribution in [3.8, 4) is 0 Å². The first-order chi connectivity index (χ1) is 6.65. The summed E-state index contributed by atoms with van der Waals surface area (Å²) in [5.41, 5.74) is 0.704. The molecule has 0 aromatic carbocycles. The number of hydrogen-bond acceptors (Lipinski definition) is 4. The van der Waals surface area contributed by atoms with Crippen LogP contribution in [0, 0.1) is 0 Å². The molecule has 1 aromatic rings. The van der Waals surface area contributed by atoms with Gasteiger partial charge in [0.15, 0.2) is 5.78 Å². The molecule has 1 rings (SSSR count). The first kappa shape index (κ1) is 10.4. The first-order valence-corrected chi connectivity index (χ1v) is 4.29. The van der Waals surface area contributed by atoms with Crippen molar-refractivity contribution >= 4 is 11.8 Å². The summed E-state index contributed by atoms with van der Waals surface area (Å²) in [6.07, 6.45) is 1.37. The molecular weight excluding hydrogens is 182 g/mol. The molecule has 0 radical (unpaired) electrons. The lowest BCUT2D eigenvalue weighted by Gasteiger charge is -2.00. The fourth-order valence-electron chi connectivity index (χ4n) is 0.928. The number of esters is 1. The number of rotatable bonds is 3. The van der Waals surface area contributed by atoms with Crippen molar-refractivity contribution in [2.45, 2.75) is 13.8 Å². The number of ketones is 1. The van der Waals surface area contributed by atoms with Gasteiger partial charge in [0.05, 0.1) is 6.61 Å². The van der Waals surface area contributed by atoms with Crippen molar-refractivity contribution in [3.63, 3.8) is 0 Å². The van der Waals surface area contributed by atoms with Gasteiger partial charge in [-0.25, -0.2) is 9.78 Å². The number of carbonyl (C=O) groups excluding carboxylic acids is 2. The molecule has 0 spiro atoms. The summed E-state index contributed by atoms with van der Waals surface area (Å²) in [6.45, 7) is 3.48. The minimum Gasteiger partial charge on any atom is -0.461 e. The first-order valence-electron chi connectivity index (χ1n) is 4.29. The predicted octanol–water partition coefficient (Wildman–Crippen LogP) is 1.46. The van der Waals surface area contributed by atoms with Gasteiger partial charge in [-0.1, -0.05) is 0 Å². The van der Waals surface area contributed by atoms with Crippen LogP contribution in [0.5, 0.6) is 0 Å². The number of carbonyl (C=O) groups is 2. The van der Waals surface area contributed by atoms with Crippen LogP contribution in [-0.2, 0) is 4.74 Å². The van der Waals surface area contributed by atoms with Crippen molar-refractivity contribution < 1.29 is 14.3 Å². The summed E-state index contributed by atoms with van der Waals surface area (Å²) >= 11 is 0. The summed E-state index contributed by atoms with van der Waals surface area (Å²) in [6, 6.07) is 3.04. The molecule has 1 aromatic heterocycles. The van der Waals surface area contributed by atoms with Crippen LogP contribution in [-0.4, -0.2) is 23.3 Å². The highest BCUT2D eigenvalue weighted by atomic mass is 16.5. The van der Waals surface area contributed by atoms with E-state index in [0.717, 1.165) is 0 Å². The summed E-state index contributed by atoms with van der Waals surface area (Å²) < 4.78 is 4.74. The van der Waals surface area contributed by atoms with E-state index >= 15 is 0 Å². The largest absolute Gasteiger partial charge is 0.461 e. The van der Waals surface area contributed by atoms with Gasteiger partial charge in [0.2, 0.25) is 0 Å². The molecule has 0 aliphatic heterocycles. The Labute approximate surface area is 81.9 Å². The maximum absolute atomic E-state index is 11.2. The molecule has 0 saturated heterocycles.